The standard InChI is InChI=1S/C15H9N3S2/c1-2-13(19-7-1)12-9-20-15-11(12)8-17-14(18-15)10-3-5-16-6-4-10/h1-9H. The number of fused-ring (bicyclic) bond motifs is 1. The molecule has 0 aliphatic rings. The third-order valence-electron chi connectivity index (χ3n) is 3.06. The summed E-state index contributed by atoms with van der Waals surface area (Å²) in [5.74, 6) is 0.750. The zero-order valence-electron chi connectivity index (χ0n) is 10.4. The van der Waals surface area contributed by atoms with Gasteiger partial charge in [0, 0.05) is 45.4 Å². The van der Waals surface area contributed by atoms with E-state index in [9.17, 15) is 0 Å². The average Bonchev–Trinajstić information content (AvgIpc) is 3.16. The minimum atomic E-state index is 0.750. The van der Waals surface area contributed by atoms with Crippen molar-refractivity contribution in [1.29, 1.82) is 0 Å². The monoisotopic (exact) mass is 295 g/mol. The predicted octanol–water partition coefficient (Wildman–Crippen LogP) is 4.48. The lowest BCUT2D eigenvalue weighted by molar-refractivity contribution is 1.22. The molecule has 0 aliphatic carbocycles. The van der Waals surface area contributed by atoms with Crippen molar-refractivity contribution >= 4 is 32.9 Å². The predicted molar refractivity (Wildman–Crippen MR) is 84.0 cm³/mol. The summed E-state index contributed by atoms with van der Waals surface area (Å²) >= 11 is 3.40. The Balaban J connectivity index is 1.87. The highest BCUT2D eigenvalue weighted by Crippen LogP contribution is 2.35. The fourth-order valence-corrected chi connectivity index (χ4v) is 3.83. The van der Waals surface area contributed by atoms with Gasteiger partial charge >= 0.3 is 0 Å². The Labute approximate surface area is 123 Å². The van der Waals surface area contributed by atoms with E-state index in [2.05, 4.69) is 37.8 Å². The number of rotatable bonds is 2. The van der Waals surface area contributed by atoms with Crippen molar-refractivity contribution in [3.63, 3.8) is 0 Å². The molecular formula is C15H9N3S2. The second-order valence-electron chi connectivity index (χ2n) is 4.28. The first kappa shape index (κ1) is 11.7. The molecule has 0 spiro atoms. The molecule has 4 aromatic rings. The van der Waals surface area contributed by atoms with E-state index < -0.39 is 0 Å². The Morgan fingerprint density at radius 2 is 1.90 bits per heavy atom. The van der Waals surface area contributed by atoms with E-state index in [-0.39, 0.29) is 0 Å². The summed E-state index contributed by atoms with van der Waals surface area (Å²) < 4.78 is 0. The van der Waals surface area contributed by atoms with Crippen molar-refractivity contribution in [2.24, 2.45) is 0 Å². The quantitative estimate of drug-likeness (QED) is 0.547. The molecule has 20 heavy (non-hydrogen) atoms. The van der Waals surface area contributed by atoms with E-state index >= 15 is 0 Å². The van der Waals surface area contributed by atoms with Crippen LogP contribution in [0, 0.1) is 0 Å². The Morgan fingerprint density at radius 3 is 2.70 bits per heavy atom. The van der Waals surface area contributed by atoms with Crippen LogP contribution in [0.1, 0.15) is 0 Å². The molecule has 4 aromatic heterocycles. The second kappa shape index (κ2) is 4.77. The van der Waals surface area contributed by atoms with Crippen molar-refractivity contribution in [1.82, 2.24) is 15.0 Å². The molecule has 0 amide bonds. The zero-order chi connectivity index (χ0) is 13.4. The minimum absolute atomic E-state index is 0.750. The van der Waals surface area contributed by atoms with Gasteiger partial charge in [0.2, 0.25) is 0 Å². The molecule has 0 fully saturated rings. The van der Waals surface area contributed by atoms with Crippen LogP contribution in [0.5, 0.6) is 0 Å². The molecule has 96 valence electrons. The van der Waals surface area contributed by atoms with E-state index in [1.165, 1.54) is 10.4 Å². The normalized spacial score (nSPS) is 11.0. The lowest BCUT2D eigenvalue weighted by Gasteiger charge is -2.00. The molecule has 0 saturated carbocycles. The van der Waals surface area contributed by atoms with Gasteiger partial charge in [-0.15, -0.1) is 22.7 Å². The van der Waals surface area contributed by atoms with Gasteiger partial charge in [-0.05, 0) is 23.6 Å². The summed E-state index contributed by atoms with van der Waals surface area (Å²) in [6.45, 7) is 0. The minimum Gasteiger partial charge on any atom is -0.265 e. The van der Waals surface area contributed by atoms with Gasteiger partial charge in [-0.2, -0.15) is 0 Å². The number of aromatic nitrogens is 3. The van der Waals surface area contributed by atoms with Crippen LogP contribution in [-0.2, 0) is 0 Å². The van der Waals surface area contributed by atoms with E-state index in [1.807, 2.05) is 18.3 Å². The Hall–Kier alpha value is -2.11. The first-order valence-corrected chi connectivity index (χ1v) is 7.86. The lowest BCUT2D eigenvalue weighted by atomic mass is 10.2. The Morgan fingerprint density at radius 1 is 1.00 bits per heavy atom. The average molecular weight is 295 g/mol. The number of thiophene rings is 2. The van der Waals surface area contributed by atoms with Crippen LogP contribution in [0.3, 0.4) is 0 Å². The van der Waals surface area contributed by atoms with Crippen LogP contribution in [-0.4, -0.2) is 15.0 Å². The maximum absolute atomic E-state index is 4.66. The lowest BCUT2D eigenvalue weighted by Crippen LogP contribution is -1.88. The molecule has 4 heterocycles. The third-order valence-corrected chi connectivity index (χ3v) is 4.85. The largest absolute Gasteiger partial charge is 0.265 e. The molecule has 0 aliphatic heterocycles. The highest BCUT2D eigenvalue weighted by Gasteiger charge is 2.10. The molecule has 3 nitrogen and oxygen atoms in total. The molecule has 5 heteroatoms. The van der Waals surface area contributed by atoms with E-state index in [1.54, 1.807) is 35.1 Å². The van der Waals surface area contributed by atoms with Gasteiger partial charge < -0.3 is 0 Å². The molecule has 0 bridgehead atoms. The number of hydrogen-bond donors (Lipinski definition) is 0. The van der Waals surface area contributed by atoms with E-state index in [0.29, 0.717) is 0 Å². The second-order valence-corrected chi connectivity index (χ2v) is 6.08. The van der Waals surface area contributed by atoms with Gasteiger partial charge in [0.1, 0.15) is 4.83 Å². The summed E-state index contributed by atoms with van der Waals surface area (Å²) in [6, 6.07) is 8.04. The summed E-state index contributed by atoms with van der Waals surface area (Å²) in [4.78, 5) is 15.5. The number of nitrogens with zero attached hydrogens (tertiary/aromatic N) is 3. The maximum atomic E-state index is 4.66. The van der Waals surface area contributed by atoms with Crippen molar-refractivity contribution in [3.8, 4) is 21.8 Å². The first-order chi connectivity index (χ1) is 9.92. The summed E-state index contributed by atoms with van der Waals surface area (Å²) in [6.07, 6.45) is 5.44. The van der Waals surface area contributed by atoms with Crippen LogP contribution in [0.25, 0.3) is 32.0 Å². The van der Waals surface area contributed by atoms with Gasteiger partial charge in [0.25, 0.3) is 0 Å². The highest BCUT2D eigenvalue weighted by atomic mass is 32.1. The summed E-state index contributed by atoms with van der Waals surface area (Å²) in [5.41, 5.74) is 2.22. The van der Waals surface area contributed by atoms with Crippen LogP contribution < -0.4 is 0 Å². The molecular weight excluding hydrogens is 286 g/mol. The van der Waals surface area contributed by atoms with E-state index in [4.69, 9.17) is 0 Å². The molecule has 0 atom stereocenters. The van der Waals surface area contributed by atoms with Crippen LogP contribution in [0.4, 0.5) is 0 Å². The van der Waals surface area contributed by atoms with Crippen LogP contribution >= 0.6 is 22.7 Å². The number of hydrogen-bond acceptors (Lipinski definition) is 5. The van der Waals surface area contributed by atoms with Gasteiger partial charge in [0.05, 0.1) is 0 Å². The highest BCUT2D eigenvalue weighted by molar-refractivity contribution is 7.18. The van der Waals surface area contributed by atoms with Gasteiger partial charge in [-0.3, -0.25) is 4.98 Å². The summed E-state index contributed by atoms with van der Waals surface area (Å²) in [5, 5.41) is 5.36. The van der Waals surface area contributed by atoms with Gasteiger partial charge in [-0.1, -0.05) is 6.07 Å². The smallest absolute Gasteiger partial charge is 0.160 e. The molecule has 0 saturated heterocycles. The SMILES string of the molecule is c1csc(-c2csc3nc(-c4ccncc4)ncc23)c1. The fraction of sp³-hybridized carbons (Fsp3) is 0. The maximum Gasteiger partial charge on any atom is 0.160 e. The topological polar surface area (TPSA) is 38.7 Å². The first-order valence-electron chi connectivity index (χ1n) is 6.10. The molecule has 0 aromatic carbocycles. The van der Waals surface area contributed by atoms with Gasteiger partial charge in [-0.25, -0.2) is 9.97 Å². The van der Waals surface area contributed by atoms with Crippen LogP contribution in [0.15, 0.2) is 53.6 Å². The van der Waals surface area contributed by atoms with Crippen LogP contribution in [0.2, 0.25) is 0 Å². The van der Waals surface area contributed by atoms with Crippen molar-refractivity contribution in [2.75, 3.05) is 0 Å². The van der Waals surface area contributed by atoms with Crippen molar-refractivity contribution in [3.05, 3.63) is 53.6 Å². The van der Waals surface area contributed by atoms with Crippen molar-refractivity contribution < 1.29 is 0 Å². The third kappa shape index (κ3) is 1.92. The fourth-order valence-electron chi connectivity index (χ4n) is 2.08. The molecule has 4 rings (SSSR count). The molecule has 0 radical (unpaired) electrons. The zero-order valence-corrected chi connectivity index (χ0v) is 12.0. The van der Waals surface area contributed by atoms with Gasteiger partial charge in [0.15, 0.2) is 5.82 Å². The Bertz CT molecular complexity index is 851. The number of pyridine rings is 1. The molecule has 0 N–H and O–H groups in total. The van der Waals surface area contributed by atoms with E-state index in [0.717, 1.165) is 21.6 Å². The Kier molecular flexibility index (Phi) is 2.79. The van der Waals surface area contributed by atoms with Crippen molar-refractivity contribution in [2.45, 2.75) is 0 Å². The molecule has 0 unspecified atom stereocenters. The summed E-state index contributed by atoms with van der Waals surface area (Å²) in [7, 11) is 0.